The van der Waals surface area contributed by atoms with Crippen molar-refractivity contribution < 1.29 is 36.8 Å². The van der Waals surface area contributed by atoms with E-state index in [2.05, 4.69) is 25.3 Å². The average molecular weight is 465 g/mol. The molecular formula is C20H18F3N5O5. The van der Waals surface area contributed by atoms with E-state index < -0.39 is 53.5 Å². The van der Waals surface area contributed by atoms with Crippen molar-refractivity contribution in [3.8, 4) is 11.4 Å². The summed E-state index contributed by atoms with van der Waals surface area (Å²) in [6.45, 7) is 3.62. The molecule has 0 aliphatic carbocycles. The minimum absolute atomic E-state index is 0.0394. The van der Waals surface area contributed by atoms with Crippen LogP contribution in [0.3, 0.4) is 0 Å². The topological polar surface area (TPSA) is 127 Å². The summed E-state index contributed by atoms with van der Waals surface area (Å²) in [5.74, 6) is -3.54. The zero-order chi connectivity index (χ0) is 23.7. The molecule has 0 saturated carbocycles. The van der Waals surface area contributed by atoms with E-state index in [-0.39, 0.29) is 41.7 Å². The van der Waals surface area contributed by atoms with Crippen molar-refractivity contribution in [3.63, 3.8) is 0 Å². The van der Waals surface area contributed by atoms with Gasteiger partial charge in [-0.1, -0.05) is 5.16 Å². The average Bonchev–Trinajstić information content (AvgIpc) is 3.21. The number of ether oxygens (including phenoxy) is 1. The van der Waals surface area contributed by atoms with E-state index in [9.17, 15) is 23.2 Å². The van der Waals surface area contributed by atoms with Gasteiger partial charge in [0.05, 0.1) is 23.9 Å². The van der Waals surface area contributed by atoms with Crippen molar-refractivity contribution in [1.29, 1.82) is 0 Å². The zero-order valence-electron chi connectivity index (χ0n) is 17.4. The second kappa shape index (κ2) is 7.27. The fourth-order valence-electron chi connectivity index (χ4n) is 5.11. The Kier molecular flexibility index (Phi) is 4.71. The van der Waals surface area contributed by atoms with E-state index in [1.54, 1.807) is 18.7 Å². The number of morpholine rings is 1. The molecule has 33 heavy (non-hydrogen) atoms. The molecule has 0 bridgehead atoms. The van der Waals surface area contributed by atoms with Gasteiger partial charge in [0.15, 0.2) is 5.41 Å². The van der Waals surface area contributed by atoms with Crippen LogP contribution >= 0.6 is 0 Å². The van der Waals surface area contributed by atoms with Crippen molar-refractivity contribution in [2.45, 2.75) is 44.9 Å². The summed E-state index contributed by atoms with van der Waals surface area (Å²) in [6, 6.07) is 0.670. The highest BCUT2D eigenvalue weighted by molar-refractivity contribution is 6.20. The molecule has 1 aromatic heterocycles. The Bertz CT molecular complexity index is 1160. The lowest BCUT2D eigenvalue weighted by Gasteiger charge is -2.55. The third kappa shape index (κ3) is 3.09. The predicted molar refractivity (Wildman–Crippen MR) is 104 cm³/mol. The van der Waals surface area contributed by atoms with Crippen molar-refractivity contribution in [1.82, 2.24) is 20.8 Å². The van der Waals surface area contributed by atoms with Gasteiger partial charge in [-0.15, -0.1) is 0 Å². The fourth-order valence-corrected chi connectivity index (χ4v) is 5.11. The van der Waals surface area contributed by atoms with Crippen molar-refractivity contribution in [2.75, 3.05) is 11.4 Å². The first-order chi connectivity index (χ1) is 15.6. The molecule has 174 valence electrons. The van der Waals surface area contributed by atoms with Gasteiger partial charge in [0.25, 0.3) is 5.89 Å². The Labute approximate surface area is 184 Å². The Hall–Kier alpha value is -3.48. The van der Waals surface area contributed by atoms with Gasteiger partial charge in [-0.25, -0.2) is 9.18 Å². The summed E-state index contributed by atoms with van der Waals surface area (Å²) >= 11 is 0. The van der Waals surface area contributed by atoms with Gasteiger partial charge < -0.3 is 14.2 Å². The predicted octanol–water partition coefficient (Wildman–Crippen LogP) is 1.70. The van der Waals surface area contributed by atoms with Crippen molar-refractivity contribution in [2.24, 2.45) is 5.41 Å². The van der Waals surface area contributed by atoms with E-state index >= 15 is 4.39 Å². The maximum Gasteiger partial charge on any atom is 0.328 e. The third-order valence-electron chi connectivity index (χ3n) is 6.24. The number of alkyl halides is 2. The molecule has 3 aliphatic rings. The normalized spacial score (nSPS) is 26.2. The molecule has 2 aromatic rings. The monoisotopic (exact) mass is 465 g/mol. The lowest BCUT2D eigenvalue weighted by molar-refractivity contribution is -0.153. The number of anilines is 1. The maximum atomic E-state index is 15.4. The summed E-state index contributed by atoms with van der Waals surface area (Å²) < 4.78 is 51.5. The zero-order valence-corrected chi connectivity index (χ0v) is 17.4. The van der Waals surface area contributed by atoms with Gasteiger partial charge in [0, 0.05) is 18.5 Å². The molecule has 1 aromatic carbocycles. The fraction of sp³-hybridized carbons (Fsp3) is 0.450. The van der Waals surface area contributed by atoms with Crippen LogP contribution in [-0.4, -0.2) is 52.8 Å². The first-order valence-corrected chi connectivity index (χ1v) is 10.2. The number of halogens is 3. The van der Waals surface area contributed by atoms with Crippen LogP contribution in [0.4, 0.5) is 23.7 Å². The lowest BCUT2D eigenvalue weighted by atomic mass is 9.66. The van der Waals surface area contributed by atoms with Crippen LogP contribution in [0.25, 0.3) is 11.4 Å². The highest BCUT2D eigenvalue weighted by Gasteiger charge is 2.63. The Morgan fingerprint density at radius 3 is 2.52 bits per heavy atom. The summed E-state index contributed by atoms with van der Waals surface area (Å²) in [7, 11) is 0. The molecule has 1 spiro atoms. The Morgan fingerprint density at radius 2 is 1.88 bits per heavy atom. The van der Waals surface area contributed by atoms with Crippen LogP contribution < -0.4 is 15.5 Å². The van der Waals surface area contributed by atoms with Crippen LogP contribution in [0.1, 0.15) is 31.7 Å². The SMILES string of the molecule is C[C@@H]1CN2c3c(F)cc(-c4noc(C(F)F)n4)cc3CC3(C(=O)NC(=O)NC3=O)[C@H]2[C@H](C)O1. The van der Waals surface area contributed by atoms with Gasteiger partial charge in [0.2, 0.25) is 17.6 Å². The number of hydrogen-bond donors (Lipinski definition) is 2. The Balaban J connectivity index is 1.68. The quantitative estimate of drug-likeness (QED) is 0.642. The largest absolute Gasteiger partial charge is 0.372 e. The number of fused-ring (bicyclic) bond motifs is 4. The molecule has 2 N–H and O–H groups in total. The lowest BCUT2D eigenvalue weighted by Crippen LogP contribution is -2.75. The number of barbiturate groups is 1. The number of urea groups is 1. The number of benzene rings is 1. The third-order valence-corrected chi connectivity index (χ3v) is 6.24. The van der Waals surface area contributed by atoms with Gasteiger partial charge in [-0.3, -0.25) is 20.2 Å². The smallest absolute Gasteiger partial charge is 0.328 e. The number of rotatable bonds is 2. The van der Waals surface area contributed by atoms with Gasteiger partial charge in [0.1, 0.15) is 5.82 Å². The molecular weight excluding hydrogens is 447 g/mol. The summed E-state index contributed by atoms with van der Waals surface area (Å²) in [5.41, 5.74) is -1.34. The second-order valence-corrected chi connectivity index (χ2v) is 8.36. The summed E-state index contributed by atoms with van der Waals surface area (Å²) in [5, 5.41) is 7.75. The molecule has 10 nitrogen and oxygen atoms in total. The molecule has 4 heterocycles. The van der Waals surface area contributed by atoms with Crippen LogP contribution in [-0.2, 0) is 20.7 Å². The van der Waals surface area contributed by atoms with Gasteiger partial charge in [-0.2, -0.15) is 13.8 Å². The molecule has 5 rings (SSSR count). The number of imide groups is 2. The molecule has 3 aliphatic heterocycles. The number of hydrogen-bond acceptors (Lipinski definition) is 8. The van der Waals surface area contributed by atoms with Crippen LogP contribution in [0.5, 0.6) is 0 Å². The number of aromatic nitrogens is 2. The van der Waals surface area contributed by atoms with E-state index in [1.165, 1.54) is 6.07 Å². The maximum absolute atomic E-state index is 15.4. The number of nitrogens with zero attached hydrogens (tertiary/aromatic N) is 3. The van der Waals surface area contributed by atoms with E-state index in [0.29, 0.717) is 0 Å². The molecule has 13 heteroatoms. The highest BCUT2D eigenvalue weighted by Crippen LogP contribution is 2.48. The first kappa shape index (κ1) is 21.4. The molecule has 2 fully saturated rings. The molecule has 0 radical (unpaired) electrons. The molecule has 3 atom stereocenters. The minimum atomic E-state index is -3.00. The second-order valence-electron chi connectivity index (χ2n) is 8.36. The van der Waals surface area contributed by atoms with Crippen molar-refractivity contribution >= 4 is 23.5 Å². The van der Waals surface area contributed by atoms with E-state index in [1.807, 2.05) is 0 Å². The number of amides is 4. The van der Waals surface area contributed by atoms with Crippen LogP contribution in [0, 0.1) is 11.2 Å². The molecule has 2 saturated heterocycles. The summed E-state index contributed by atoms with van der Waals surface area (Å²) in [4.78, 5) is 43.2. The Morgan fingerprint density at radius 1 is 1.18 bits per heavy atom. The van der Waals surface area contributed by atoms with E-state index in [4.69, 9.17) is 4.74 Å². The van der Waals surface area contributed by atoms with Crippen LogP contribution in [0.15, 0.2) is 16.7 Å². The molecule has 0 unspecified atom stereocenters. The molecule has 4 amide bonds. The van der Waals surface area contributed by atoms with Gasteiger partial charge >= 0.3 is 12.5 Å². The van der Waals surface area contributed by atoms with Crippen LogP contribution in [0.2, 0.25) is 0 Å². The number of carbonyl (C=O) groups is 3. The minimum Gasteiger partial charge on any atom is -0.372 e. The van der Waals surface area contributed by atoms with E-state index in [0.717, 1.165) is 6.07 Å². The summed E-state index contributed by atoms with van der Waals surface area (Å²) in [6.07, 6.45) is -4.26. The first-order valence-electron chi connectivity index (χ1n) is 10.2. The highest BCUT2D eigenvalue weighted by atomic mass is 19.3. The standard InChI is InChI=1S/C20H18F3N5O5/c1-7-6-28-12-10(3-9(4-11(12)21)15-24-16(14(22)23)33-27-15)5-20(13(28)8(2)32-7)17(29)25-19(31)26-18(20)30/h3-4,7-8,13-14H,5-6H2,1-2H3,(H2,25,26,29,30,31)/t7-,8+,13-/m1/s1. The van der Waals surface area contributed by atoms with Crippen molar-refractivity contribution in [3.05, 3.63) is 29.4 Å². The number of nitrogens with one attached hydrogen (secondary N) is 2. The number of carbonyl (C=O) groups excluding carboxylic acids is 3. The van der Waals surface area contributed by atoms with Gasteiger partial charge in [-0.05, 0) is 31.5 Å².